The summed E-state index contributed by atoms with van der Waals surface area (Å²) in [6, 6.07) is 0.188. The second-order valence-corrected chi connectivity index (χ2v) is 8.11. The van der Waals surface area contributed by atoms with Gasteiger partial charge in [0, 0.05) is 30.7 Å². The summed E-state index contributed by atoms with van der Waals surface area (Å²) < 4.78 is 5.36. The van der Waals surface area contributed by atoms with Gasteiger partial charge in [0.15, 0.2) is 5.96 Å². The molecule has 2 rings (SSSR count). The molecule has 0 atom stereocenters. The maximum absolute atomic E-state index is 11.9. The van der Waals surface area contributed by atoms with E-state index >= 15 is 0 Å². The molecule has 0 unspecified atom stereocenters. The van der Waals surface area contributed by atoms with Crippen molar-refractivity contribution in [3.8, 4) is 0 Å². The molecule has 2 heterocycles. The molecule has 0 bridgehead atoms. The molecule has 2 N–H and O–H groups in total. The van der Waals surface area contributed by atoms with E-state index in [0.717, 1.165) is 17.5 Å². The molecule has 0 aliphatic carbocycles. The molecule has 0 spiro atoms. The first-order valence-electron chi connectivity index (χ1n) is 8.21. The Hall–Kier alpha value is -1.83. The molecule has 8 heteroatoms. The van der Waals surface area contributed by atoms with E-state index in [-0.39, 0.29) is 12.1 Å². The summed E-state index contributed by atoms with van der Waals surface area (Å²) in [7, 11) is 0. The lowest BCUT2D eigenvalue weighted by atomic mass is 10.1. The van der Waals surface area contributed by atoms with Gasteiger partial charge in [-0.2, -0.15) is 0 Å². The van der Waals surface area contributed by atoms with Crippen LogP contribution in [0.4, 0.5) is 4.79 Å². The molecule has 1 aliphatic rings. The SMILES string of the molecule is CCNC(=NCc1ncc(C)s1)NC1CN(C(=O)OC(C)(C)C)C1. The summed E-state index contributed by atoms with van der Waals surface area (Å²) in [6.45, 7) is 12.3. The van der Waals surface area contributed by atoms with Gasteiger partial charge < -0.3 is 20.3 Å². The Labute approximate surface area is 147 Å². The molecule has 1 saturated heterocycles. The fourth-order valence-corrected chi connectivity index (χ4v) is 2.89. The first kappa shape index (κ1) is 18.5. The number of hydrogen-bond donors (Lipinski definition) is 2. The number of carbonyl (C=O) groups excluding carboxylic acids is 1. The lowest BCUT2D eigenvalue weighted by Crippen LogP contribution is -2.63. The average molecular weight is 353 g/mol. The molecule has 0 radical (unpaired) electrons. The van der Waals surface area contributed by atoms with Crippen LogP contribution in [0.2, 0.25) is 0 Å². The molecule has 1 amide bonds. The molecule has 1 aromatic heterocycles. The minimum absolute atomic E-state index is 0.188. The Morgan fingerprint density at radius 1 is 1.50 bits per heavy atom. The number of ether oxygens (including phenoxy) is 1. The Kier molecular flexibility index (Phi) is 6.04. The maximum Gasteiger partial charge on any atom is 0.410 e. The predicted molar refractivity (Wildman–Crippen MR) is 96.4 cm³/mol. The van der Waals surface area contributed by atoms with E-state index < -0.39 is 5.60 Å². The van der Waals surface area contributed by atoms with Gasteiger partial charge in [0.25, 0.3) is 0 Å². The Morgan fingerprint density at radius 2 is 2.21 bits per heavy atom. The van der Waals surface area contributed by atoms with Crippen molar-refractivity contribution >= 4 is 23.4 Å². The monoisotopic (exact) mass is 353 g/mol. The molecule has 0 aromatic carbocycles. The number of aliphatic imine (C=N–C) groups is 1. The van der Waals surface area contributed by atoms with Gasteiger partial charge in [0.2, 0.25) is 0 Å². The van der Waals surface area contributed by atoms with Crippen LogP contribution in [0.1, 0.15) is 37.6 Å². The number of rotatable bonds is 4. The third-order valence-corrected chi connectivity index (χ3v) is 4.16. The van der Waals surface area contributed by atoms with Crippen LogP contribution in [-0.4, -0.2) is 53.2 Å². The first-order chi connectivity index (χ1) is 11.3. The third-order valence-electron chi connectivity index (χ3n) is 3.26. The normalized spacial score (nSPS) is 15.9. The van der Waals surface area contributed by atoms with Crippen molar-refractivity contribution in [3.63, 3.8) is 0 Å². The summed E-state index contributed by atoms with van der Waals surface area (Å²) in [5.41, 5.74) is -0.460. The fourth-order valence-electron chi connectivity index (χ4n) is 2.18. The van der Waals surface area contributed by atoms with Gasteiger partial charge in [-0.1, -0.05) is 0 Å². The van der Waals surface area contributed by atoms with Crippen molar-refractivity contribution in [2.24, 2.45) is 4.99 Å². The molecule has 1 aromatic rings. The van der Waals surface area contributed by atoms with Crippen molar-refractivity contribution in [2.45, 2.75) is 52.8 Å². The van der Waals surface area contributed by atoms with Crippen LogP contribution in [0.15, 0.2) is 11.2 Å². The number of aromatic nitrogens is 1. The summed E-state index contributed by atoms with van der Waals surface area (Å²) >= 11 is 1.65. The number of likely N-dealkylation sites (tertiary alicyclic amines) is 1. The number of aryl methyl sites for hydroxylation is 1. The van der Waals surface area contributed by atoms with Crippen molar-refractivity contribution in [2.75, 3.05) is 19.6 Å². The molecule has 134 valence electrons. The van der Waals surface area contributed by atoms with Gasteiger partial charge in [-0.05, 0) is 34.6 Å². The van der Waals surface area contributed by atoms with Crippen molar-refractivity contribution in [1.82, 2.24) is 20.5 Å². The molecule has 0 saturated carbocycles. The minimum Gasteiger partial charge on any atom is -0.444 e. The average Bonchev–Trinajstić information content (AvgIpc) is 2.83. The Morgan fingerprint density at radius 3 is 2.75 bits per heavy atom. The van der Waals surface area contributed by atoms with Crippen LogP contribution in [0, 0.1) is 6.92 Å². The number of thiazole rings is 1. The highest BCUT2D eigenvalue weighted by Crippen LogP contribution is 2.15. The second kappa shape index (κ2) is 7.83. The number of nitrogens with zero attached hydrogens (tertiary/aromatic N) is 3. The number of carbonyl (C=O) groups is 1. The number of guanidine groups is 1. The van der Waals surface area contributed by atoms with E-state index in [1.807, 2.05) is 40.8 Å². The van der Waals surface area contributed by atoms with E-state index in [1.54, 1.807) is 16.2 Å². The fraction of sp³-hybridized carbons (Fsp3) is 0.688. The lowest BCUT2D eigenvalue weighted by molar-refractivity contribution is 0.00701. The van der Waals surface area contributed by atoms with Gasteiger partial charge in [-0.3, -0.25) is 0 Å². The summed E-state index contributed by atoms with van der Waals surface area (Å²) in [4.78, 5) is 23.7. The number of hydrogen-bond acceptors (Lipinski definition) is 5. The van der Waals surface area contributed by atoms with E-state index in [4.69, 9.17) is 4.74 Å². The zero-order chi connectivity index (χ0) is 17.7. The molecule has 1 aliphatic heterocycles. The smallest absolute Gasteiger partial charge is 0.410 e. The van der Waals surface area contributed by atoms with Gasteiger partial charge in [0.1, 0.15) is 10.6 Å². The van der Waals surface area contributed by atoms with E-state index in [2.05, 4.69) is 20.6 Å². The van der Waals surface area contributed by atoms with Crippen molar-refractivity contribution in [1.29, 1.82) is 0 Å². The number of amides is 1. The highest BCUT2D eigenvalue weighted by atomic mass is 32.1. The summed E-state index contributed by atoms with van der Waals surface area (Å²) in [6.07, 6.45) is 1.60. The minimum atomic E-state index is -0.460. The highest BCUT2D eigenvalue weighted by Gasteiger charge is 2.34. The first-order valence-corrected chi connectivity index (χ1v) is 9.02. The summed E-state index contributed by atoms with van der Waals surface area (Å²) in [5, 5.41) is 7.56. The zero-order valence-corrected chi connectivity index (χ0v) is 15.9. The molecule has 24 heavy (non-hydrogen) atoms. The number of nitrogens with one attached hydrogen (secondary N) is 2. The van der Waals surface area contributed by atoms with Crippen LogP contribution in [-0.2, 0) is 11.3 Å². The van der Waals surface area contributed by atoms with Gasteiger partial charge in [-0.25, -0.2) is 14.8 Å². The Bertz CT molecular complexity index is 588. The maximum atomic E-state index is 11.9. The third kappa shape index (κ3) is 5.67. The Balaban J connectivity index is 1.81. The summed E-state index contributed by atoms with van der Waals surface area (Å²) in [5.74, 6) is 0.749. The van der Waals surface area contributed by atoms with Crippen LogP contribution in [0.3, 0.4) is 0 Å². The largest absolute Gasteiger partial charge is 0.444 e. The van der Waals surface area contributed by atoms with E-state index in [1.165, 1.54) is 4.88 Å². The standard InChI is InChI=1S/C16H27N5O2S/c1-6-17-14(19-8-13-18-7-11(2)24-13)20-12-9-21(10-12)15(22)23-16(3,4)5/h7,12H,6,8-10H2,1-5H3,(H2,17,19,20). The van der Waals surface area contributed by atoms with Gasteiger partial charge in [-0.15, -0.1) is 11.3 Å². The van der Waals surface area contributed by atoms with Crippen LogP contribution < -0.4 is 10.6 Å². The van der Waals surface area contributed by atoms with Gasteiger partial charge in [0.05, 0.1) is 12.6 Å². The van der Waals surface area contributed by atoms with Crippen LogP contribution in [0.5, 0.6) is 0 Å². The molecular weight excluding hydrogens is 326 g/mol. The molecular formula is C16H27N5O2S. The molecule has 1 fully saturated rings. The quantitative estimate of drug-likeness (QED) is 0.640. The van der Waals surface area contributed by atoms with E-state index in [9.17, 15) is 4.79 Å². The van der Waals surface area contributed by atoms with E-state index in [0.29, 0.717) is 19.6 Å². The lowest BCUT2D eigenvalue weighted by Gasteiger charge is -2.40. The zero-order valence-electron chi connectivity index (χ0n) is 15.0. The van der Waals surface area contributed by atoms with Crippen LogP contribution in [0.25, 0.3) is 0 Å². The van der Waals surface area contributed by atoms with Crippen molar-refractivity contribution in [3.05, 3.63) is 16.1 Å². The molecule has 7 nitrogen and oxygen atoms in total. The second-order valence-electron chi connectivity index (χ2n) is 6.79. The van der Waals surface area contributed by atoms with Gasteiger partial charge >= 0.3 is 6.09 Å². The van der Waals surface area contributed by atoms with Crippen molar-refractivity contribution < 1.29 is 9.53 Å². The predicted octanol–water partition coefficient (Wildman–Crippen LogP) is 2.13. The van der Waals surface area contributed by atoms with Crippen LogP contribution >= 0.6 is 11.3 Å². The topological polar surface area (TPSA) is 78.9 Å². The highest BCUT2D eigenvalue weighted by molar-refractivity contribution is 7.11.